The third kappa shape index (κ3) is 3.73. The molecule has 3 nitrogen and oxygen atoms in total. The molecule has 0 fully saturated rings. The predicted molar refractivity (Wildman–Crippen MR) is 62.4 cm³/mol. The van der Waals surface area contributed by atoms with Crippen molar-refractivity contribution in [3.8, 4) is 11.8 Å². The quantitative estimate of drug-likeness (QED) is 0.604. The fourth-order valence-electron chi connectivity index (χ4n) is 0.948. The molecule has 0 radical (unpaired) electrons. The van der Waals surface area contributed by atoms with Gasteiger partial charge in [0.25, 0.3) is 0 Å². The lowest BCUT2D eigenvalue weighted by atomic mass is 10.2. The number of hydrogen-bond donors (Lipinski definition) is 0. The van der Waals surface area contributed by atoms with Gasteiger partial charge in [0.1, 0.15) is 6.42 Å². The van der Waals surface area contributed by atoms with Gasteiger partial charge in [-0.05, 0) is 6.92 Å². The second kappa shape index (κ2) is 6.37. The summed E-state index contributed by atoms with van der Waals surface area (Å²) in [5.74, 6) is 5.00. The van der Waals surface area contributed by atoms with Gasteiger partial charge in [-0.25, -0.2) is 0 Å². The van der Waals surface area contributed by atoms with Crippen LogP contribution < -0.4 is 0 Å². The molecular weight excluding hydrogens is 249 g/mol. The molecule has 1 heterocycles. The zero-order valence-electron chi connectivity index (χ0n) is 8.59. The number of carbonyl (C=O) groups is 1. The first kappa shape index (κ1) is 12.8. The van der Waals surface area contributed by atoms with Crippen LogP contribution in [0.4, 0.5) is 0 Å². The normalized spacial score (nSPS) is 9.19. The molecule has 0 amide bonds. The fraction of sp³-hybridized carbons (Fsp3) is 0.273. The number of carbonyl (C=O) groups excluding carboxylic acids is 1. The topological polar surface area (TPSA) is 39.2 Å². The number of aromatic nitrogens is 1. The van der Waals surface area contributed by atoms with Gasteiger partial charge in [-0.3, -0.25) is 9.78 Å². The summed E-state index contributed by atoms with van der Waals surface area (Å²) >= 11 is 11.7. The van der Waals surface area contributed by atoms with Crippen LogP contribution in [-0.4, -0.2) is 17.6 Å². The van der Waals surface area contributed by atoms with Gasteiger partial charge in [0.05, 0.1) is 22.2 Å². The zero-order valence-corrected chi connectivity index (χ0v) is 10.1. The van der Waals surface area contributed by atoms with Crippen LogP contribution in [0, 0.1) is 11.8 Å². The smallest absolute Gasteiger partial charge is 0.317 e. The molecule has 0 bridgehead atoms. The summed E-state index contributed by atoms with van der Waals surface area (Å²) in [5, 5.41) is 0.729. The Balaban J connectivity index is 2.74. The molecule has 5 heteroatoms. The van der Waals surface area contributed by atoms with Crippen LogP contribution in [0.25, 0.3) is 0 Å². The Kier molecular flexibility index (Phi) is 5.10. The Morgan fingerprint density at radius 2 is 2.06 bits per heavy atom. The van der Waals surface area contributed by atoms with Gasteiger partial charge in [0, 0.05) is 12.4 Å². The van der Waals surface area contributed by atoms with E-state index < -0.39 is 0 Å². The monoisotopic (exact) mass is 257 g/mol. The standard InChI is InChI=1S/C11H9Cl2NO2/c1-2-16-11(15)5-3-4-8-9(12)6-14-7-10(8)13/h6-7H,2,5H2,1H3. The number of rotatable bonds is 2. The van der Waals surface area contributed by atoms with Crippen LogP contribution in [0.5, 0.6) is 0 Å². The Morgan fingerprint density at radius 3 is 2.62 bits per heavy atom. The minimum Gasteiger partial charge on any atom is -0.465 e. The molecule has 0 saturated heterocycles. The number of halogens is 2. The molecule has 0 N–H and O–H groups in total. The molecule has 0 aromatic carbocycles. The number of nitrogens with zero attached hydrogens (tertiary/aromatic N) is 1. The van der Waals surface area contributed by atoms with E-state index in [1.54, 1.807) is 6.92 Å². The van der Waals surface area contributed by atoms with E-state index in [1.165, 1.54) is 12.4 Å². The van der Waals surface area contributed by atoms with Gasteiger partial charge in [0.15, 0.2) is 0 Å². The molecule has 0 unspecified atom stereocenters. The van der Waals surface area contributed by atoms with E-state index in [2.05, 4.69) is 16.8 Å². The molecule has 1 rings (SSSR count). The minimum atomic E-state index is -0.365. The van der Waals surface area contributed by atoms with Crippen LogP contribution in [-0.2, 0) is 9.53 Å². The van der Waals surface area contributed by atoms with Gasteiger partial charge < -0.3 is 4.74 Å². The summed E-state index contributed by atoms with van der Waals surface area (Å²) in [5.41, 5.74) is 0.475. The molecule has 84 valence electrons. The SMILES string of the molecule is CCOC(=O)CC#Cc1c(Cl)cncc1Cl. The number of esters is 1. The molecule has 0 aliphatic rings. The summed E-state index contributed by atoms with van der Waals surface area (Å²) in [6, 6.07) is 0. The summed E-state index contributed by atoms with van der Waals surface area (Å²) in [6.45, 7) is 2.08. The fourth-order valence-corrected chi connectivity index (χ4v) is 1.41. The predicted octanol–water partition coefficient (Wildman–Crippen LogP) is 2.69. The molecule has 0 aliphatic heterocycles. The molecular formula is C11H9Cl2NO2. The van der Waals surface area contributed by atoms with E-state index in [0.29, 0.717) is 22.2 Å². The Morgan fingerprint density at radius 1 is 1.44 bits per heavy atom. The van der Waals surface area contributed by atoms with Crippen molar-refractivity contribution in [3.63, 3.8) is 0 Å². The van der Waals surface area contributed by atoms with E-state index in [0.717, 1.165) is 0 Å². The lowest BCUT2D eigenvalue weighted by molar-refractivity contribution is -0.141. The van der Waals surface area contributed by atoms with Crippen LogP contribution in [0.3, 0.4) is 0 Å². The van der Waals surface area contributed by atoms with E-state index in [1.807, 2.05) is 0 Å². The maximum atomic E-state index is 11.0. The van der Waals surface area contributed by atoms with Gasteiger partial charge in [-0.15, -0.1) is 0 Å². The van der Waals surface area contributed by atoms with Gasteiger partial charge in [-0.2, -0.15) is 0 Å². The first-order chi connectivity index (χ1) is 7.65. The van der Waals surface area contributed by atoms with Crippen molar-refractivity contribution in [2.45, 2.75) is 13.3 Å². The average molecular weight is 258 g/mol. The largest absolute Gasteiger partial charge is 0.465 e. The van der Waals surface area contributed by atoms with Crippen LogP contribution >= 0.6 is 23.2 Å². The highest BCUT2D eigenvalue weighted by Crippen LogP contribution is 2.21. The van der Waals surface area contributed by atoms with E-state index in [9.17, 15) is 4.79 Å². The van der Waals surface area contributed by atoms with Crippen molar-refractivity contribution in [2.75, 3.05) is 6.61 Å². The molecule has 0 aliphatic carbocycles. The summed E-state index contributed by atoms with van der Waals surface area (Å²) in [6.07, 6.45) is 2.91. The van der Waals surface area contributed by atoms with Crippen molar-refractivity contribution in [2.24, 2.45) is 0 Å². The first-order valence-corrected chi connectivity index (χ1v) is 5.34. The van der Waals surface area contributed by atoms with Gasteiger partial charge >= 0.3 is 5.97 Å². The average Bonchev–Trinajstić information content (AvgIpc) is 2.23. The highest BCUT2D eigenvalue weighted by atomic mass is 35.5. The molecule has 1 aromatic rings. The summed E-state index contributed by atoms with van der Waals surface area (Å²) in [4.78, 5) is 14.8. The molecule has 0 atom stereocenters. The molecule has 0 spiro atoms. The van der Waals surface area contributed by atoms with Crippen LogP contribution in [0.2, 0.25) is 10.0 Å². The zero-order chi connectivity index (χ0) is 12.0. The van der Waals surface area contributed by atoms with Crippen molar-refractivity contribution in [3.05, 3.63) is 28.0 Å². The Bertz CT molecular complexity index is 429. The second-order valence-corrected chi connectivity index (χ2v) is 3.58. The lowest BCUT2D eigenvalue weighted by Crippen LogP contribution is -2.01. The highest BCUT2D eigenvalue weighted by molar-refractivity contribution is 6.36. The van der Waals surface area contributed by atoms with E-state index in [-0.39, 0.29) is 12.4 Å². The lowest BCUT2D eigenvalue weighted by Gasteiger charge is -1.97. The van der Waals surface area contributed by atoms with Crippen molar-refractivity contribution >= 4 is 29.2 Å². The van der Waals surface area contributed by atoms with Crippen LogP contribution in [0.15, 0.2) is 12.4 Å². The molecule has 0 saturated carbocycles. The van der Waals surface area contributed by atoms with Crippen molar-refractivity contribution in [1.29, 1.82) is 0 Å². The number of pyridine rings is 1. The summed E-state index contributed by atoms with van der Waals surface area (Å²) in [7, 11) is 0. The maximum absolute atomic E-state index is 11.0. The third-order valence-electron chi connectivity index (χ3n) is 1.60. The minimum absolute atomic E-state index is 0.0167. The Labute approximate surface area is 104 Å². The second-order valence-electron chi connectivity index (χ2n) is 2.76. The molecule has 1 aromatic heterocycles. The summed E-state index contributed by atoms with van der Waals surface area (Å²) < 4.78 is 4.72. The van der Waals surface area contributed by atoms with Gasteiger partial charge in [-0.1, -0.05) is 35.0 Å². The van der Waals surface area contributed by atoms with Crippen molar-refractivity contribution in [1.82, 2.24) is 4.98 Å². The number of ether oxygens (including phenoxy) is 1. The maximum Gasteiger partial charge on any atom is 0.317 e. The number of hydrogen-bond acceptors (Lipinski definition) is 3. The first-order valence-electron chi connectivity index (χ1n) is 4.58. The van der Waals surface area contributed by atoms with E-state index >= 15 is 0 Å². The third-order valence-corrected chi connectivity index (χ3v) is 2.18. The van der Waals surface area contributed by atoms with Gasteiger partial charge in [0.2, 0.25) is 0 Å². The molecule has 16 heavy (non-hydrogen) atoms. The Hall–Kier alpha value is -1.24. The van der Waals surface area contributed by atoms with Crippen LogP contribution in [0.1, 0.15) is 18.9 Å². The highest BCUT2D eigenvalue weighted by Gasteiger charge is 2.02. The van der Waals surface area contributed by atoms with Crippen molar-refractivity contribution < 1.29 is 9.53 Å². The van der Waals surface area contributed by atoms with E-state index in [4.69, 9.17) is 27.9 Å².